The summed E-state index contributed by atoms with van der Waals surface area (Å²) in [4.78, 5) is 14.2. The maximum absolute atomic E-state index is 11.9. The maximum Gasteiger partial charge on any atom is 0.319 e. The number of fused-ring (bicyclic) bond motifs is 1. The van der Waals surface area contributed by atoms with E-state index in [0.29, 0.717) is 6.54 Å². The standard InChI is InChI=1S/C17H18BrN3O/c18-14-6-2-3-7-15(14)20-17(22)19-10-12-21-11-9-13-5-1-4-8-16(13)21/h1-8H,9-12H2,(H2,19,20,22). The fourth-order valence-corrected chi connectivity index (χ4v) is 3.06. The molecule has 2 aromatic rings. The first-order valence-electron chi connectivity index (χ1n) is 7.36. The Morgan fingerprint density at radius 1 is 1.14 bits per heavy atom. The van der Waals surface area contributed by atoms with Crippen LogP contribution in [0.4, 0.5) is 16.2 Å². The van der Waals surface area contributed by atoms with Crippen molar-refractivity contribution < 1.29 is 4.79 Å². The van der Waals surface area contributed by atoms with Crippen LogP contribution in [0, 0.1) is 0 Å². The van der Waals surface area contributed by atoms with E-state index in [4.69, 9.17) is 0 Å². The number of amides is 2. The number of urea groups is 1. The Morgan fingerprint density at radius 3 is 2.77 bits per heavy atom. The third-order valence-electron chi connectivity index (χ3n) is 3.77. The Morgan fingerprint density at radius 2 is 1.91 bits per heavy atom. The van der Waals surface area contributed by atoms with Crippen LogP contribution in [-0.2, 0) is 6.42 Å². The molecule has 0 atom stereocenters. The second-order valence-electron chi connectivity index (χ2n) is 5.23. The average molecular weight is 360 g/mol. The van der Waals surface area contributed by atoms with Gasteiger partial charge in [0.25, 0.3) is 0 Å². The minimum atomic E-state index is -0.181. The molecule has 5 heteroatoms. The van der Waals surface area contributed by atoms with Crippen LogP contribution in [0.1, 0.15) is 5.56 Å². The van der Waals surface area contributed by atoms with Crippen molar-refractivity contribution in [2.45, 2.75) is 6.42 Å². The van der Waals surface area contributed by atoms with Gasteiger partial charge in [-0.05, 0) is 46.1 Å². The van der Waals surface area contributed by atoms with Crippen molar-refractivity contribution in [2.75, 3.05) is 29.9 Å². The molecule has 0 radical (unpaired) electrons. The van der Waals surface area contributed by atoms with Crippen molar-refractivity contribution >= 4 is 33.3 Å². The van der Waals surface area contributed by atoms with E-state index >= 15 is 0 Å². The predicted molar refractivity (Wildman–Crippen MR) is 93.5 cm³/mol. The summed E-state index contributed by atoms with van der Waals surface area (Å²) in [7, 11) is 0. The van der Waals surface area contributed by atoms with Gasteiger partial charge in [-0.2, -0.15) is 0 Å². The van der Waals surface area contributed by atoms with Crippen LogP contribution in [-0.4, -0.2) is 25.7 Å². The second-order valence-corrected chi connectivity index (χ2v) is 6.08. The minimum absolute atomic E-state index is 0.181. The van der Waals surface area contributed by atoms with E-state index in [0.717, 1.165) is 29.7 Å². The summed E-state index contributed by atoms with van der Waals surface area (Å²) in [6, 6.07) is 15.8. The summed E-state index contributed by atoms with van der Waals surface area (Å²) >= 11 is 3.41. The third kappa shape index (κ3) is 3.42. The predicted octanol–water partition coefficient (Wildman–Crippen LogP) is 3.63. The molecule has 0 spiro atoms. The first kappa shape index (κ1) is 14.9. The molecule has 3 rings (SSSR count). The smallest absolute Gasteiger partial charge is 0.319 e. The lowest BCUT2D eigenvalue weighted by Crippen LogP contribution is -2.36. The van der Waals surface area contributed by atoms with E-state index in [1.807, 2.05) is 24.3 Å². The highest BCUT2D eigenvalue weighted by molar-refractivity contribution is 9.10. The first-order chi connectivity index (χ1) is 10.7. The van der Waals surface area contributed by atoms with Crippen molar-refractivity contribution in [3.8, 4) is 0 Å². The lowest BCUT2D eigenvalue weighted by molar-refractivity contribution is 0.252. The number of rotatable bonds is 4. The Hall–Kier alpha value is -2.01. The zero-order chi connectivity index (χ0) is 15.4. The van der Waals surface area contributed by atoms with Crippen LogP contribution < -0.4 is 15.5 Å². The summed E-state index contributed by atoms with van der Waals surface area (Å²) in [6.07, 6.45) is 1.08. The van der Waals surface area contributed by atoms with E-state index in [2.05, 4.69) is 55.7 Å². The second kappa shape index (κ2) is 6.83. The summed E-state index contributed by atoms with van der Waals surface area (Å²) in [5, 5.41) is 5.74. The number of anilines is 2. The Balaban J connectivity index is 1.48. The van der Waals surface area contributed by atoms with E-state index in [1.54, 1.807) is 0 Å². The normalized spacial score (nSPS) is 12.9. The Labute approximate surface area is 138 Å². The average Bonchev–Trinajstić information content (AvgIpc) is 2.93. The number of hydrogen-bond acceptors (Lipinski definition) is 2. The molecule has 4 nitrogen and oxygen atoms in total. The molecule has 2 amide bonds. The van der Waals surface area contributed by atoms with Gasteiger partial charge in [-0.15, -0.1) is 0 Å². The number of nitrogens with zero attached hydrogens (tertiary/aromatic N) is 1. The lowest BCUT2D eigenvalue weighted by atomic mass is 10.2. The summed E-state index contributed by atoms with van der Waals surface area (Å²) < 4.78 is 0.874. The van der Waals surface area contributed by atoms with Crippen molar-refractivity contribution in [1.82, 2.24) is 5.32 Å². The topological polar surface area (TPSA) is 44.4 Å². The lowest BCUT2D eigenvalue weighted by Gasteiger charge is -2.19. The van der Waals surface area contributed by atoms with Gasteiger partial charge < -0.3 is 15.5 Å². The maximum atomic E-state index is 11.9. The van der Waals surface area contributed by atoms with Crippen LogP contribution in [0.3, 0.4) is 0 Å². The van der Waals surface area contributed by atoms with Gasteiger partial charge in [0.15, 0.2) is 0 Å². The van der Waals surface area contributed by atoms with Crippen LogP contribution in [0.5, 0.6) is 0 Å². The fourth-order valence-electron chi connectivity index (χ4n) is 2.67. The quantitative estimate of drug-likeness (QED) is 0.875. The molecule has 114 valence electrons. The highest BCUT2D eigenvalue weighted by Crippen LogP contribution is 2.26. The summed E-state index contributed by atoms with van der Waals surface area (Å²) in [5.41, 5.74) is 3.45. The van der Waals surface area contributed by atoms with Crippen LogP contribution >= 0.6 is 15.9 Å². The molecule has 1 aliphatic rings. The molecule has 22 heavy (non-hydrogen) atoms. The van der Waals surface area contributed by atoms with E-state index < -0.39 is 0 Å². The number of nitrogens with one attached hydrogen (secondary N) is 2. The monoisotopic (exact) mass is 359 g/mol. The molecule has 0 unspecified atom stereocenters. The molecule has 2 aromatic carbocycles. The van der Waals surface area contributed by atoms with Gasteiger partial charge in [0, 0.05) is 29.8 Å². The first-order valence-corrected chi connectivity index (χ1v) is 8.15. The molecule has 0 saturated carbocycles. The molecule has 1 aliphatic heterocycles. The minimum Gasteiger partial charge on any atom is -0.369 e. The third-order valence-corrected chi connectivity index (χ3v) is 4.46. The number of carbonyl (C=O) groups excluding carboxylic acids is 1. The number of carbonyl (C=O) groups is 1. The molecular weight excluding hydrogens is 342 g/mol. The van der Waals surface area contributed by atoms with E-state index in [-0.39, 0.29) is 6.03 Å². The van der Waals surface area contributed by atoms with E-state index in [9.17, 15) is 4.79 Å². The van der Waals surface area contributed by atoms with Gasteiger partial charge in [0.1, 0.15) is 0 Å². The fraction of sp³-hybridized carbons (Fsp3) is 0.235. The van der Waals surface area contributed by atoms with Crippen molar-refractivity contribution in [3.05, 3.63) is 58.6 Å². The molecule has 0 aliphatic carbocycles. The molecule has 2 N–H and O–H groups in total. The van der Waals surface area contributed by atoms with Crippen LogP contribution in [0.15, 0.2) is 53.0 Å². The highest BCUT2D eigenvalue weighted by Gasteiger charge is 2.17. The molecule has 0 bridgehead atoms. The number of para-hydroxylation sites is 2. The summed E-state index contributed by atoms with van der Waals surface area (Å²) in [5.74, 6) is 0. The molecular formula is C17H18BrN3O. The van der Waals surface area contributed by atoms with Gasteiger partial charge >= 0.3 is 6.03 Å². The highest BCUT2D eigenvalue weighted by atomic mass is 79.9. The van der Waals surface area contributed by atoms with Gasteiger partial charge in [0.2, 0.25) is 0 Å². The number of halogens is 1. The zero-order valence-electron chi connectivity index (χ0n) is 12.2. The van der Waals surface area contributed by atoms with Crippen molar-refractivity contribution in [3.63, 3.8) is 0 Å². The Kier molecular flexibility index (Phi) is 4.63. The number of hydrogen-bond donors (Lipinski definition) is 2. The zero-order valence-corrected chi connectivity index (χ0v) is 13.8. The Bertz CT molecular complexity index is 674. The van der Waals surface area contributed by atoms with Crippen LogP contribution in [0.2, 0.25) is 0 Å². The SMILES string of the molecule is O=C(NCCN1CCc2ccccc21)Nc1ccccc1Br. The molecule has 0 fully saturated rings. The van der Waals surface area contributed by atoms with Crippen molar-refractivity contribution in [1.29, 1.82) is 0 Å². The number of benzene rings is 2. The van der Waals surface area contributed by atoms with Gasteiger partial charge in [-0.3, -0.25) is 0 Å². The largest absolute Gasteiger partial charge is 0.369 e. The summed E-state index contributed by atoms with van der Waals surface area (Å²) in [6.45, 7) is 2.46. The molecule has 1 heterocycles. The van der Waals surface area contributed by atoms with Gasteiger partial charge in [-0.25, -0.2) is 4.79 Å². The van der Waals surface area contributed by atoms with E-state index in [1.165, 1.54) is 11.3 Å². The van der Waals surface area contributed by atoms with Crippen LogP contribution in [0.25, 0.3) is 0 Å². The molecule has 0 saturated heterocycles. The van der Waals surface area contributed by atoms with Gasteiger partial charge in [0.05, 0.1) is 5.69 Å². The van der Waals surface area contributed by atoms with Crippen molar-refractivity contribution in [2.24, 2.45) is 0 Å². The van der Waals surface area contributed by atoms with Gasteiger partial charge in [-0.1, -0.05) is 30.3 Å². The molecule has 0 aromatic heterocycles.